The average molecular weight is 473 g/mol. The lowest BCUT2D eigenvalue weighted by Crippen LogP contribution is -2.23. The molecule has 0 aromatic heterocycles. The first-order chi connectivity index (χ1) is 15.4. The Hall–Kier alpha value is -3.42. The van der Waals surface area contributed by atoms with Crippen molar-refractivity contribution in [2.24, 2.45) is 0 Å². The molecule has 5 nitrogen and oxygen atoms in total. The van der Waals surface area contributed by atoms with Gasteiger partial charge in [-0.3, -0.25) is 5.41 Å². The molecule has 33 heavy (non-hydrogen) atoms. The van der Waals surface area contributed by atoms with Gasteiger partial charge in [0.25, 0.3) is 0 Å². The molecule has 0 atom stereocenters. The molecule has 0 amide bonds. The molecule has 0 aliphatic rings. The van der Waals surface area contributed by atoms with Crippen LogP contribution in [-0.2, 0) is 12.6 Å². The van der Waals surface area contributed by atoms with Gasteiger partial charge in [0.1, 0.15) is 17.2 Å². The van der Waals surface area contributed by atoms with E-state index in [1.165, 1.54) is 18.2 Å². The molecular formula is C22H21F6N3O2. The second-order valence-electron chi connectivity index (χ2n) is 7.06. The summed E-state index contributed by atoms with van der Waals surface area (Å²) in [6.07, 6.45) is -8.52. The number of rotatable bonds is 9. The second-order valence-corrected chi connectivity index (χ2v) is 7.06. The van der Waals surface area contributed by atoms with Gasteiger partial charge in [0.15, 0.2) is 0 Å². The first kappa shape index (κ1) is 25.8. The second kappa shape index (κ2) is 10.5. The standard InChI is InChI=1S/C22H21F6N3O2/c1-2-4-15-18(8-7-16(19(15)32)20(30)22(26,27)28)33-10-3-9-31-14-6-5-13(12-29)17(11-14)21(23,24)25/h5-8,11,30-32H,2-4,9-10H2,1H3. The van der Waals surface area contributed by atoms with Gasteiger partial charge in [-0.2, -0.15) is 31.6 Å². The van der Waals surface area contributed by atoms with Gasteiger partial charge in [0, 0.05) is 23.4 Å². The fourth-order valence-electron chi connectivity index (χ4n) is 3.07. The number of hydrogen-bond donors (Lipinski definition) is 3. The van der Waals surface area contributed by atoms with E-state index in [0.29, 0.717) is 12.8 Å². The summed E-state index contributed by atoms with van der Waals surface area (Å²) in [5.41, 5.74) is -3.51. The molecule has 0 spiro atoms. The van der Waals surface area contributed by atoms with E-state index in [2.05, 4.69) is 5.32 Å². The first-order valence-corrected chi connectivity index (χ1v) is 9.89. The van der Waals surface area contributed by atoms with Gasteiger partial charge in [-0.15, -0.1) is 0 Å². The highest BCUT2D eigenvalue weighted by molar-refractivity contribution is 6.04. The third-order valence-corrected chi connectivity index (χ3v) is 4.65. The van der Waals surface area contributed by atoms with Crippen molar-refractivity contribution in [3.63, 3.8) is 0 Å². The molecule has 0 saturated carbocycles. The predicted octanol–water partition coefficient (Wildman–Crippen LogP) is 6.05. The molecule has 2 rings (SSSR count). The molecule has 0 bridgehead atoms. The molecule has 0 unspecified atom stereocenters. The topological polar surface area (TPSA) is 89.1 Å². The van der Waals surface area contributed by atoms with Crippen LogP contribution in [0.5, 0.6) is 11.5 Å². The summed E-state index contributed by atoms with van der Waals surface area (Å²) in [6, 6.07) is 6.98. The molecule has 0 aliphatic carbocycles. The fraction of sp³-hybridized carbons (Fsp3) is 0.364. The average Bonchev–Trinajstić information content (AvgIpc) is 2.74. The Balaban J connectivity index is 2.03. The summed E-state index contributed by atoms with van der Waals surface area (Å²) in [4.78, 5) is 0. The van der Waals surface area contributed by atoms with E-state index in [9.17, 15) is 31.4 Å². The molecule has 11 heteroatoms. The van der Waals surface area contributed by atoms with Crippen LogP contribution in [0.1, 0.15) is 42.0 Å². The molecule has 2 aromatic rings. The molecule has 0 aliphatic heterocycles. The minimum absolute atomic E-state index is 0.0711. The van der Waals surface area contributed by atoms with Crippen LogP contribution in [-0.4, -0.2) is 30.1 Å². The Morgan fingerprint density at radius 1 is 1.15 bits per heavy atom. The van der Waals surface area contributed by atoms with Gasteiger partial charge in [-0.05, 0) is 43.2 Å². The molecular weight excluding hydrogens is 452 g/mol. The Bertz CT molecular complexity index is 1040. The van der Waals surface area contributed by atoms with E-state index in [4.69, 9.17) is 15.4 Å². The monoisotopic (exact) mass is 473 g/mol. The van der Waals surface area contributed by atoms with E-state index in [-0.39, 0.29) is 36.6 Å². The van der Waals surface area contributed by atoms with Crippen molar-refractivity contribution in [2.75, 3.05) is 18.5 Å². The summed E-state index contributed by atoms with van der Waals surface area (Å²) in [5.74, 6) is -0.488. The van der Waals surface area contributed by atoms with Crippen molar-refractivity contribution in [1.29, 1.82) is 10.7 Å². The summed E-state index contributed by atoms with van der Waals surface area (Å²) < 4.78 is 83.2. The Kier molecular flexibility index (Phi) is 8.19. The number of hydrogen-bond acceptors (Lipinski definition) is 5. The number of nitrogens with zero attached hydrogens (tertiary/aromatic N) is 1. The van der Waals surface area contributed by atoms with Crippen LogP contribution in [0.3, 0.4) is 0 Å². The van der Waals surface area contributed by atoms with E-state index >= 15 is 0 Å². The minimum atomic E-state index is -4.91. The van der Waals surface area contributed by atoms with E-state index in [0.717, 1.165) is 18.2 Å². The largest absolute Gasteiger partial charge is 0.507 e. The van der Waals surface area contributed by atoms with Gasteiger partial charge in [0.05, 0.1) is 23.8 Å². The Morgan fingerprint density at radius 2 is 1.85 bits per heavy atom. The molecule has 2 aromatic carbocycles. The summed E-state index contributed by atoms with van der Waals surface area (Å²) in [5, 5.41) is 29.1. The lowest BCUT2D eigenvalue weighted by Gasteiger charge is -2.17. The van der Waals surface area contributed by atoms with Gasteiger partial charge >= 0.3 is 12.4 Å². The van der Waals surface area contributed by atoms with Crippen LogP contribution < -0.4 is 10.1 Å². The van der Waals surface area contributed by atoms with Crippen LogP contribution in [0.25, 0.3) is 0 Å². The minimum Gasteiger partial charge on any atom is -0.507 e. The number of alkyl halides is 6. The summed E-state index contributed by atoms with van der Waals surface area (Å²) in [7, 11) is 0. The number of benzene rings is 2. The van der Waals surface area contributed by atoms with Crippen LogP contribution in [0.4, 0.5) is 32.0 Å². The third-order valence-electron chi connectivity index (χ3n) is 4.65. The zero-order valence-corrected chi connectivity index (χ0v) is 17.5. The van der Waals surface area contributed by atoms with E-state index in [1.807, 2.05) is 0 Å². The highest BCUT2D eigenvalue weighted by atomic mass is 19.4. The first-order valence-electron chi connectivity index (χ1n) is 9.89. The van der Waals surface area contributed by atoms with Crippen LogP contribution >= 0.6 is 0 Å². The lowest BCUT2D eigenvalue weighted by molar-refractivity contribution is -0.137. The fourth-order valence-corrected chi connectivity index (χ4v) is 3.07. The lowest BCUT2D eigenvalue weighted by atomic mass is 10.00. The number of phenolic OH excluding ortho intramolecular Hbond substituents is 1. The number of phenols is 1. The van der Waals surface area contributed by atoms with Crippen LogP contribution in [0.2, 0.25) is 0 Å². The maximum atomic E-state index is 13.0. The van der Waals surface area contributed by atoms with Crippen molar-refractivity contribution in [3.8, 4) is 17.6 Å². The molecule has 0 saturated heterocycles. The van der Waals surface area contributed by atoms with Crippen molar-refractivity contribution >= 4 is 11.4 Å². The van der Waals surface area contributed by atoms with Crippen molar-refractivity contribution in [3.05, 3.63) is 52.6 Å². The van der Waals surface area contributed by atoms with Crippen molar-refractivity contribution in [2.45, 2.75) is 38.5 Å². The highest BCUT2D eigenvalue weighted by Crippen LogP contribution is 2.36. The molecule has 178 valence electrons. The quantitative estimate of drug-likeness (QED) is 0.235. The number of anilines is 1. The number of halogens is 6. The van der Waals surface area contributed by atoms with Gasteiger partial charge in [-0.1, -0.05) is 13.3 Å². The molecule has 0 heterocycles. The van der Waals surface area contributed by atoms with Crippen molar-refractivity contribution < 1.29 is 36.2 Å². The third kappa shape index (κ3) is 6.54. The van der Waals surface area contributed by atoms with Gasteiger partial charge in [0.2, 0.25) is 0 Å². The summed E-state index contributed by atoms with van der Waals surface area (Å²) >= 11 is 0. The SMILES string of the molecule is CCCc1c(OCCCNc2ccc(C#N)c(C(F)(F)F)c2)ccc(C(=N)C(F)(F)F)c1O. The number of aromatic hydroxyl groups is 1. The zero-order chi connectivity index (χ0) is 24.8. The van der Waals surface area contributed by atoms with Gasteiger partial charge < -0.3 is 15.2 Å². The number of ether oxygens (including phenoxy) is 1. The van der Waals surface area contributed by atoms with Crippen molar-refractivity contribution in [1.82, 2.24) is 0 Å². The van der Waals surface area contributed by atoms with Crippen LogP contribution in [0.15, 0.2) is 30.3 Å². The maximum absolute atomic E-state index is 13.0. The molecule has 0 radical (unpaired) electrons. The van der Waals surface area contributed by atoms with E-state index < -0.39 is 40.5 Å². The number of nitriles is 1. The summed E-state index contributed by atoms with van der Waals surface area (Å²) in [6.45, 7) is 2.05. The molecule has 3 N–H and O–H groups in total. The maximum Gasteiger partial charge on any atom is 0.433 e. The Labute approximate surface area is 186 Å². The van der Waals surface area contributed by atoms with Gasteiger partial charge in [-0.25, -0.2) is 0 Å². The Morgan fingerprint density at radius 3 is 2.42 bits per heavy atom. The normalized spacial score (nSPS) is 11.7. The smallest absolute Gasteiger partial charge is 0.433 e. The molecule has 0 fully saturated rings. The zero-order valence-electron chi connectivity index (χ0n) is 17.5. The van der Waals surface area contributed by atoms with Crippen LogP contribution in [0, 0.1) is 16.7 Å². The number of nitrogens with one attached hydrogen (secondary N) is 2. The highest BCUT2D eigenvalue weighted by Gasteiger charge is 2.37. The predicted molar refractivity (Wildman–Crippen MR) is 110 cm³/mol. The van der Waals surface area contributed by atoms with E-state index in [1.54, 1.807) is 6.92 Å².